The van der Waals surface area contributed by atoms with Gasteiger partial charge in [0.25, 0.3) is 10.0 Å². The molecule has 0 unspecified atom stereocenters. The van der Waals surface area contributed by atoms with E-state index in [1.54, 1.807) is 49.6 Å². The molecule has 0 aliphatic heterocycles. The van der Waals surface area contributed by atoms with Crippen LogP contribution in [0.25, 0.3) is 6.08 Å². The molecule has 0 bridgehead atoms. The molecule has 0 aliphatic rings. The van der Waals surface area contributed by atoms with Gasteiger partial charge in [0.2, 0.25) is 5.91 Å². The fourth-order valence-corrected chi connectivity index (χ4v) is 4.87. The third-order valence-electron chi connectivity index (χ3n) is 4.84. The van der Waals surface area contributed by atoms with E-state index in [1.165, 1.54) is 30.3 Å². The summed E-state index contributed by atoms with van der Waals surface area (Å²) in [5.74, 6) is 0.201. The van der Waals surface area contributed by atoms with Crippen LogP contribution in [0, 0.1) is 0 Å². The number of anilines is 2. The predicted molar refractivity (Wildman–Crippen MR) is 141 cm³/mol. The first-order valence-electron chi connectivity index (χ1n) is 10.6. The van der Waals surface area contributed by atoms with E-state index in [0.717, 1.165) is 9.87 Å². The Balaban J connectivity index is 1.64. The predicted octanol–water partition coefficient (Wildman–Crippen LogP) is 3.41. The van der Waals surface area contributed by atoms with Crippen molar-refractivity contribution in [2.45, 2.75) is 4.90 Å². The zero-order valence-corrected chi connectivity index (χ0v) is 20.6. The largest absolute Gasteiger partial charge is 0.496 e. The van der Waals surface area contributed by atoms with Crippen molar-refractivity contribution >= 4 is 50.7 Å². The second kappa shape index (κ2) is 12.1. The Labute approximate surface area is 209 Å². The van der Waals surface area contributed by atoms with Crippen LogP contribution < -0.4 is 19.7 Å². The lowest BCUT2D eigenvalue weighted by Gasteiger charge is -2.23. The van der Waals surface area contributed by atoms with E-state index in [1.807, 2.05) is 18.2 Å². The van der Waals surface area contributed by atoms with Crippen molar-refractivity contribution < 1.29 is 23.1 Å². The number of para-hydroxylation sites is 2. The number of nitrogens with zero attached hydrogens (tertiary/aromatic N) is 1. The highest BCUT2D eigenvalue weighted by Crippen LogP contribution is 2.24. The number of rotatable bonds is 9. The number of sulfonamides is 1. The molecular formula is C25H25N3O5S2. The van der Waals surface area contributed by atoms with Gasteiger partial charge in [0.1, 0.15) is 5.75 Å². The first kappa shape index (κ1) is 25.9. The van der Waals surface area contributed by atoms with Gasteiger partial charge < -0.3 is 15.2 Å². The molecule has 3 rings (SSSR count). The fourth-order valence-electron chi connectivity index (χ4n) is 3.20. The molecule has 3 aromatic rings. The second-order valence-corrected chi connectivity index (χ2v) is 9.45. The van der Waals surface area contributed by atoms with E-state index in [-0.39, 0.29) is 23.2 Å². The number of aliphatic hydroxyl groups is 1. The topological polar surface area (TPSA) is 108 Å². The maximum atomic E-state index is 13.1. The molecule has 0 spiro atoms. The van der Waals surface area contributed by atoms with Gasteiger partial charge in [-0.3, -0.25) is 14.4 Å². The Morgan fingerprint density at radius 2 is 1.69 bits per heavy atom. The molecule has 0 saturated carbocycles. The van der Waals surface area contributed by atoms with Crippen LogP contribution in [0.3, 0.4) is 0 Å². The third kappa shape index (κ3) is 6.89. The van der Waals surface area contributed by atoms with Crippen molar-refractivity contribution in [1.29, 1.82) is 0 Å². The molecule has 0 aliphatic carbocycles. The number of hydrogen-bond donors (Lipinski definition) is 3. The molecule has 0 heterocycles. The van der Waals surface area contributed by atoms with E-state index in [9.17, 15) is 18.3 Å². The van der Waals surface area contributed by atoms with E-state index < -0.39 is 15.9 Å². The van der Waals surface area contributed by atoms with Gasteiger partial charge in [0, 0.05) is 17.3 Å². The molecule has 0 atom stereocenters. The highest BCUT2D eigenvalue weighted by Gasteiger charge is 2.24. The molecule has 0 fully saturated rings. The Morgan fingerprint density at radius 3 is 2.34 bits per heavy atom. The van der Waals surface area contributed by atoms with Gasteiger partial charge in [-0.1, -0.05) is 36.4 Å². The molecular weight excluding hydrogens is 486 g/mol. The minimum atomic E-state index is -3.90. The van der Waals surface area contributed by atoms with Gasteiger partial charge in [-0.05, 0) is 60.8 Å². The number of amides is 1. The molecule has 10 heteroatoms. The molecule has 0 saturated heterocycles. The maximum absolute atomic E-state index is 13.1. The van der Waals surface area contributed by atoms with Crippen LogP contribution in [0.5, 0.6) is 5.75 Å². The third-order valence-corrected chi connectivity index (χ3v) is 6.88. The van der Waals surface area contributed by atoms with Gasteiger partial charge in [-0.2, -0.15) is 0 Å². The van der Waals surface area contributed by atoms with Gasteiger partial charge >= 0.3 is 0 Å². The van der Waals surface area contributed by atoms with Crippen LogP contribution >= 0.6 is 12.2 Å². The summed E-state index contributed by atoms with van der Waals surface area (Å²) in [5.41, 5.74) is 1.69. The summed E-state index contributed by atoms with van der Waals surface area (Å²) < 4.78 is 32.7. The van der Waals surface area contributed by atoms with Crippen molar-refractivity contribution in [2.75, 3.05) is 29.9 Å². The standard InChI is InChI=1S/C25H25N3O5S2/c1-33-23-10-6-5-7-19(23)11-16-24(30)27-25(34)26-20-12-14-22(15-13-20)35(31,32)28(17-18-29)21-8-3-2-4-9-21/h2-16,29H,17-18H2,1H3,(H2,26,27,30,34)/b16-11+. The van der Waals surface area contributed by atoms with Crippen molar-refractivity contribution in [1.82, 2.24) is 5.32 Å². The number of carbonyl (C=O) groups excluding carboxylic acids is 1. The summed E-state index contributed by atoms with van der Waals surface area (Å²) in [4.78, 5) is 12.3. The van der Waals surface area contributed by atoms with Crippen molar-refractivity contribution in [3.63, 3.8) is 0 Å². The summed E-state index contributed by atoms with van der Waals surface area (Å²) in [6.07, 6.45) is 2.95. The minimum Gasteiger partial charge on any atom is -0.496 e. The van der Waals surface area contributed by atoms with Crippen LogP contribution in [0.15, 0.2) is 89.8 Å². The summed E-state index contributed by atoms with van der Waals surface area (Å²) in [5, 5.41) is 14.8. The Kier molecular flexibility index (Phi) is 8.96. The molecule has 3 N–H and O–H groups in total. The normalized spacial score (nSPS) is 11.1. The molecule has 3 aromatic carbocycles. The van der Waals surface area contributed by atoms with E-state index in [2.05, 4.69) is 10.6 Å². The summed E-state index contributed by atoms with van der Waals surface area (Å²) in [6, 6.07) is 21.8. The van der Waals surface area contributed by atoms with Crippen LogP contribution in [-0.2, 0) is 14.8 Å². The molecule has 182 valence electrons. The number of benzene rings is 3. The lowest BCUT2D eigenvalue weighted by Crippen LogP contribution is -2.34. The van der Waals surface area contributed by atoms with Crippen molar-refractivity contribution in [3.8, 4) is 5.75 Å². The Bertz CT molecular complexity index is 1290. The molecule has 0 aromatic heterocycles. The average molecular weight is 512 g/mol. The smallest absolute Gasteiger partial charge is 0.264 e. The minimum absolute atomic E-state index is 0.0510. The van der Waals surface area contributed by atoms with Crippen molar-refractivity contribution in [3.05, 3.63) is 90.5 Å². The Morgan fingerprint density at radius 1 is 1.03 bits per heavy atom. The van der Waals surface area contributed by atoms with Crippen molar-refractivity contribution in [2.24, 2.45) is 0 Å². The monoisotopic (exact) mass is 511 g/mol. The number of hydrogen-bond acceptors (Lipinski definition) is 6. The summed E-state index contributed by atoms with van der Waals surface area (Å²) in [6.45, 7) is -0.405. The van der Waals surface area contributed by atoms with E-state index in [4.69, 9.17) is 17.0 Å². The molecule has 1 amide bonds. The lowest BCUT2D eigenvalue weighted by molar-refractivity contribution is -0.115. The van der Waals surface area contributed by atoms with Gasteiger partial charge in [0.05, 0.1) is 30.8 Å². The van der Waals surface area contributed by atoms with Crippen LogP contribution in [0.4, 0.5) is 11.4 Å². The number of carbonyl (C=O) groups is 1. The highest BCUT2D eigenvalue weighted by atomic mass is 32.2. The maximum Gasteiger partial charge on any atom is 0.264 e. The molecule has 0 radical (unpaired) electrons. The average Bonchev–Trinajstić information content (AvgIpc) is 2.86. The SMILES string of the molecule is COc1ccccc1/C=C/C(=O)NC(=S)Nc1ccc(S(=O)(=O)N(CCO)c2ccccc2)cc1. The lowest BCUT2D eigenvalue weighted by atomic mass is 10.2. The number of thiocarbonyl (C=S) groups is 1. The van der Waals surface area contributed by atoms with Gasteiger partial charge in [0.15, 0.2) is 5.11 Å². The molecule has 35 heavy (non-hydrogen) atoms. The second-order valence-electron chi connectivity index (χ2n) is 7.18. The van der Waals surface area contributed by atoms with E-state index >= 15 is 0 Å². The Hall–Kier alpha value is -3.73. The van der Waals surface area contributed by atoms with E-state index in [0.29, 0.717) is 17.1 Å². The van der Waals surface area contributed by atoms with Gasteiger partial charge in [-0.25, -0.2) is 8.42 Å². The molecule has 8 nitrogen and oxygen atoms in total. The van der Waals surface area contributed by atoms with Crippen LogP contribution in [0.1, 0.15) is 5.56 Å². The number of nitrogens with one attached hydrogen (secondary N) is 2. The quantitative estimate of drug-likeness (QED) is 0.298. The summed E-state index contributed by atoms with van der Waals surface area (Å²) >= 11 is 5.18. The number of methoxy groups -OCH3 is 1. The van der Waals surface area contributed by atoms with Crippen LogP contribution in [-0.4, -0.2) is 44.8 Å². The first-order chi connectivity index (χ1) is 16.8. The number of aliphatic hydroxyl groups excluding tert-OH is 1. The fraction of sp³-hybridized carbons (Fsp3) is 0.120. The highest BCUT2D eigenvalue weighted by molar-refractivity contribution is 7.92. The summed E-state index contributed by atoms with van der Waals surface area (Å²) in [7, 11) is -2.35. The van der Waals surface area contributed by atoms with Gasteiger partial charge in [-0.15, -0.1) is 0 Å². The zero-order valence-electron chi connectivity index (χ0n) is 18.9. The first-order valence-corrected chi connectivity index (χ1v) is 12.4. The zero-order chi connectivity index (χ0) is 25.3. The van der Waals surface area contributed by atoms with Crippen LogP contribution in [0.2, 0.25) is 0 Å². The number of ether oxygens (including phenoxy) is 1.